The Morgan fingerprint density at radius 1 is 1.35 bits per heavy atom. The van der Waals surface area contributed by atoms with Crippen molar-refractivity contribution >= 4 is 21.6 Å². The highest BCUT2D eigenvalue weighted by Crippen LogP contribution is 2.30. The molecule has 17 heavy (non-hydrogen) atoms. The Hall–Kier alpha value is -0.610. The lowest BCUT2D eigenvalue weighted by atomic mass is 9.84. The number of nitrogens with one attached hydrogen (secondary N) is 1. The van der Waals surface area contributed by atoms with Gasteiger partial charge in [0.1, 0.15) is 5.82 Å². The number of rotatable bonds is 3. The van der Waals surface area contributed by atoms with Crippen LogP contribution in [0.3, 0.4) is 0 Å². The molecule has 0 bridgehead atoms. The van der Waals surface area contributed by atoms with Gasteiger partial charge in [-0.2, -0.15) is 0 Å². The summed E-state index contributed by atoms with van der Waals surface area (Å²) >= 11 is 3.38. The molecule has 1 aromatic carbocycles. The molecule has 4 heteroatoms. The fraction of sp³-hybridized carbons (Fsp3) is 0.538. The fourth-order valence-corrected chi connectivity index (χ4v) is 2.95. The highest BCUT2D eigenvalue weighted by atomic mass is 79.9. The summed E-state index contributed by atoms with van der Waals surface area (Å²) in [5, 5.41) is 3.48. The van der Waals surface area contributed by atoms with Crippen LogP contribution in [0.5, 0.6) is 0 Å². The van der Waals surface area contributed by atoms with E-state index in [1.807, 2.05) is 0 Å². The van der Waals surface area contributed by atoms with Gasteiger partial charge in [-0.15, -0.1) is 0 Å². The van der Waals surface area contributed by atoms with E-state index in [-0.39, 0.29) is 5.82 Å². The van der Waals surface area contributed by atoms with E-state index in [2.05, 4.69) is 21.2 Å². The molecule has 0 heterocycles. The molecule has 0 aromatic heterocycles. The largest absolute Gasteiger partial charge is 0.381 e. The van der Waals surface area contributed by atoms with E-state index in [1.54, 1.807) is 6.07 Å². The van der Waals surface area contributed by atoms with Crippen LogP contribution in [0.25, 0.3) is 0 Å². The molecule has 2 rings (SSSR count). The summed E-state index contributed by atoms with van der Waals surface area (Å²) in [6.07, 6.45) is 4.84. The van der Waals surface area contributed by atoms with Gasteiger partial charge < -0.3 is 11.1 Å². The van der Waals surface area contributed by atoms with Crippen molar-refractivity contribution in [3.8, 4) is 0 Å². The maximum Gasteiger partial charge on any atom is 0.124 e. The molecule has 1 fully saturated rings. The Morgan fingerprint density at radius 3 is 2.82 bits per heavy atom. The Morgan fingerprint density at radius 2 is 2.12 bits per heavy atom. The first-order valence-corrected chi connectivity index (χ1v) is 6.91. The number of hydrogen-bond acceptors (Lipinski definition) is 2. The molecule has 1 aromatic rings. The summed E-state index contributed by atoms with van der Waals surface area (Å²) in [7, 11) is 0. The predicted molar refractivity (Wildman–Crippen MR) is 72.5 cm³/mol. The van der Waals surface area contributed by atoms with Gasteiger partial charge in [0.15, 0.2) is 0 Å². The molecule has 1 saturated carbocycles. The SMILES string of the molecule is NCC1CCCCC1Nc1ccc(F)cc1Br. The Bertz CT molecular complexity index is 384. The Kier molecular flexibility index (Phi) is 4.40. The van der Waals surface area contributed by atoms with Crippen molar-refractivity contribution in [1.29, 1.82) is 0 Å². The van der Waals surface area contributed by atoms with Gasteiger partial charge in [0.05, 0.1) is 0 Å². The fourth-order valence-electron chi connectivity index (χ4n) is 2.49. The zero-order chi connectivity index (χ0) is 12.3. The molecule has 1 aliphatic carbocycles. The molecular weight excluding hydrogens is 283 g/mol. The monoisotopic (exact) mass is 300 g/mol. The van der Waals surface area contributed by atoms with Gasteiger partial charge in [-0.05, 0) is 59.4 Å². The van der Waals surface area contributed by atoms with Crippen LogP contribution in [0, 0.1) is 11.7 Å². The molecule has 0 radical (unpaired) electrons. The minimum Gasteiger partial charge on any atom is -0.381 e. The van der Waals surface area contributed by atoms with Gasteiger partial charge in [0.2, 0.25) is 0 Å². The van der Waals surface area contributed by atoms with Crippen molar-refractivity contribution in [2.75, 3.05) is 11.9 Å². The Labute approximate surface area is 110 Å². The van der Waals surface area contributed by atoms with Gasteiger partial charge in [-0.1, -0.05) is 12.8 Å². The lowest BCUT2D eigenvalue weighted by Gasteiger charge is -2.32. The van der Waals surface area contributed by atoms with Crippen LogP contribution in [0.15, 0.2) is 22.7 Å². The first-order chi connectivity index (χ1) is 8.20. The predicted octanol–water partition coefficient (Wildman–Crippen LogP) is 3.52. The van der Waals surface area contributed by atoms with Crippen molar-refractivity contribution < 1.29 is 4.39 Å². The molecule has 3 N–H and O–H groups in total. The van der Waals surface area contributed by atoms with Crippen molar-refractivity contribution in [2.45, 2.75) is 31.7 Å². The number of benzene rings is 1. The van der Waals surface area contributed by atoms with Crippen molar-refractivity contribution in [1.82, 2.24) is 0 Å². The van der Waals surface area contributed by atoms with Crippen molar-refractivity contribution in [3.63, 3.8) is 0 Å². The minimum absolute atomic E-state index is 0.221. The molecule has 0 spiro atoms. The summed E-state index contributed by atoms with van der Waals surface area (Å²) in [5.41, 5.74) is 6.75. The molecule has 0 aliphatic heterocycles. The van der Waals surface area contributed by atoms with Crippen LogP contribution in [0.4, 0.5) is 10.1 Å². The second kappa shape index (κ2) is 5.83. The summed E-state index contributed by atoms with van der Waals surface area (Å²) in [4.78, 5) is 0. The van der Waals surface area contributed by atoms with Crippen LogP contribution in [-0.4, -0.2) is 12.6 Å². The van der Waals surface area contributed by atoms with E-state index in [9.17, 15) is 4.39 Å². The standard InChI is InChI=1S/C13H18BrFN2/c14-11-7-10(15)5-6-13(11)17-12-4-2-1-3-9(12)8-16/h5-7,9,12,17H,1-4,8,16H2. The number of halogens is 2. The minimum atomic E-state index is -0.221. The van der Waals surface area contributed by atoms with E-state index >= 15 is 0 Å². The molecule has 2 atom stereocenters. The van der Waals surface area contributed by atoms with Gasteiger partial charge in [-0.25, -0.2) is 4.39 Å². The van der Waals surface area contributed by atoms with E-state index in [4.69, 9.17) is 5.73 Å². The molecule has 2 unspecified atom stereocenters. The molecule has 0 amide bonds. The average molecular weight is 301 g/mol. The third-order valence-corrected chi connectivity index (χ3v) is 4.14. The van der Waals surface area contributed by atoms with Crippen LogP contribution >= 0.6 is 15.9 Å². The second-order valence-electron chi connectivity index (χ2n) is 4.66. The third-order valence-electron chi connectivity index (χ3n) is 3.48. The molecular formula is C13H18BrFN2. The summed E-state index contributed by atoms with van der Waals surface area (Å²) < 4.78 is 13.8. The smallest absolute Gasteiger partial charge is 0.124 e. The van der Waals surface area contributed by atoms with Crippen LogP contribution in [-0.2, 0) is 0 Å². The number of nitrogens with two attached hydrogens (primary N) is 1. The molecule has 0 saturated heterocycles. The summed E-state index contributed by atoms with van der Waals surface area (Å²) in [6, 6.07) is 5.16. The van der Waals surface area contributed by atoms with Crippen molar-refractivity contribution in [3.05, 3.63) is 28.5 Å². The normalized spacial score (nSPS) is 24.6. The highest BCUT2D eigenvalue weighted by Gasteiger charge is 2.24. The van der Waals surface area contributed by atoms with Gasteiger partial charge >= 0.3 is 0 Å². The van der Waals surface area contributed by atoms with E-state index in [0.717, 1.165) is 23.1 Å². The topological polar surface area (TPSA) is 38.0 Å². The zero-order valence-corrected chi connectivity index (χ0v) is 11.3. The highest BCUT2D eigenvalue weighted by molar-refractivity contribution is 9.10. The van der Waals surface area contributed by atoms with E-state index in [1.165, 1.54) is 31.4 Å². The molecule has 94 valence electrons. The summed E-state index contributed by atoms with van der Waals surface area (Å²) in [6.45, 7) is 0.719. The first kappa shape index (κ1) is 12.8. The second-order valence-corrected chi connectivity index (χ2v) is 5.51. The van der Waals surface area contributed by atoms with Crippen molar-refractivity contribution in [2.24, 2.45) is 11.7 Å². The maximum atomic E-state index is 13.0. The first-order valence-electron chi connectivity index (χ1n) is 6.12. The quantitative estimate of drug-likeness (QED) is 0.896. The van der Waals surface area contributed by atoms with Crippen LogP contribution in [0.1, 0.15) is 25.7 Å². The van der Waals surface area contributed by atoms with Gasteiger partial charge in [-0.3, -0.25) is 0 Å². The third kappa shape index (κ3) is 3.19. The van der Waals surface area contributed by atoms with Gasteiger partial charge in [0, 0.05) is 16.2 Å². The zero-order valence-electron chi connectivity index (χ0n) is 9.76. The van der Waals surface area contributed by atoms with Gasteiger partial charge in [0.25, 0.3) is 0 Å². The maximum absolute atomic E-state index is 13.0. The molecule has 1 aliphatic rings. The number of anilines is 1. The number of hydrogen-bond donors (Lipinski definition) is 2. The lowest BCUT2D eigenvalue weighted by molar-refractivity contribution is 0.332. The lowest BCUT2D eigenvalue weighted by Crippen LogP contribution is -2.36. The Balaban J connectivity index is 2.08. The van der Waals surface area contributed by atoms with Crippen LogP contribution < -0.4 is 11.1 Å². The average Bonchev–Trinajstić information content (AvgIpc) is 2.33. The van der Waals surface area contributed by atoms with E-state index in [0.29, 0.717) is 12.0 Å². The van der Waals surface area contributed by atoms with Crippen LogP contribution in [0.2, 0.25) is 0 Å². The molecule has 2 nitrogen and oxygen atoms in total. The summed E-state index contributed by atoms with van der Waals surface area (Å²) in [5.74, 6) is 0.308. The van der Waals surface area contributed by atoms with E-state index < -0.39 is 0 Å².